The van der Waals surface area contributed by atoms with Crippen LogP contribution in [-0.4, -0.2) is 44.8 Å². The van der Waals surface area contributed by atoms with Crippen molar-refractivity contribution >= 4 is 23.7 Å². The highest BCUT2D eigenvalue weighted by atomic mass is 19.3. The molecule has 0 radical (unpaired) electrons. The number of esters is 1. The van der Waals surface area contributed by atoms with Gasteiger partial charge in [0.15, 0.2) is 6.29 Å². The zero-order valence-electron chi connectivity index (χ0n) is 14.5. The summed E-state index contributed by atoms with van der Waals surface area (Å²) in [6.45, 7) is -0.983. The quantitative estimate of drug-likeness (QED) is 0.240. The molecule has 0 saturated carbocycles. The van der Waals surface area contributed by atoms with Gasteiger partial charge in [-0.3, -0.25) is 10.2 Å². The van der Waals surface area contributed by atoms with Crippen LogP contribution >= 0.6 is 0 Å². The van der Waals surface area contributed by atoms with Gasteiger partial charge in [-0.05, 0) is 39.1 Å². The highest BCUT2D eigenvalue weighted by Crippen LogP contribution is 2.27. The first-order valence-electron chi connectivity index (χ1n) is 7.84. The van der Waals surface area contributed by atoms with Crippen molar-refractivity contribution in [3.05, 3.63) is 35.5 Å². The molecule has 9 heteroatoms. The largest absolute Gasteiger partial charge is 0.461 e. The second-order valence-electron chi connectivity index (χ2n) is 4.96. The van der Waals surface area contributed by atoms with E-state index >= 15 is 0 Å². The van der Waals surface area contributed by atoms with E-state index in [0.717, 1.165) is 0 Å². The molecule has 0 fully saturated rings. The van der Waals surface area contributed by atoms with Crippen LogP contribution in [0.3, 0.4) is 0 Å². The fourth-order valence-corrected chi connectivity index (χ4v) is 2.06. The summed E-state index contributed by atoms with van der Waals surface area (Å²) in [6, 6.07) is 5.80. The maximum Gasteiger partial charge on any atom is 0.387 e. The number of alkyl halides is 2. The van der Waals surface area contributed by atoms with Crippen LogP contribution in [0.4, 0.5) is 14.5 Å². The van der Waals surface area contributed by atoms with Crippen molar-refractivity contribution in [2.45, 2.75) is 20.0 Å². The van der Waals surface area contributed by atoms with E-state index in [-0.39, 0.29) is 35.7 Å². The van der Waals surface area contributed by atoms with Crippen molar-refractivity contribution in [2.24, 2.45) is 0 Å². The average Bonchev–Trinajstić information content (AvgIpc) is 2.61. The molecule has 1 aromatic carbocycles. The lowest BCUT2D eigenvalue weighted by atomic mass is 10.0. The summed E-state index contributed by atoms with van der Waals surface area (Å²) in [5.41, 5.74) is -0.388. The van der Waals surface area contributed by atoms with Gasteiger partial charge in [0.25, 0.3) is 0 Å². The van der Waals surface area contributed by atoms with Gasteiger partial charge in [-0.15, -0.1) is 0 Å². The summed E-state index contributed by atoms with van der Waals surface area (Å²) in [6.07, 6.45) is 0.588. The molecular formula is C17H21F2N3O4. The number of anilines is 1. The Kier molecular flexibility index (Phi) is 8.93. The Morgan fingerprint density at radius 3 is 2.62 bits per heavy atom. The van der Waals surface area contributed by atoms with Gasteiger partial charge in [-0.25, -0.2) is 4.79 Å². The van der Waals surface area contributed by atoms with Crippen LogP contribution in [0.5, 0.6) is 5.75 Å². The van der Waals surface area contributed by atoms with Gasteiger partial charge in [-0.2, -0.15) is 8.78 Å². The Hall–Kier alpha value is -2.81. The second kappa shape index (κ2) is 10.9. The molecule has 0 saturated heterocycles. The standard InChI is InChI=1S/C17H21F2N3O4/c1-3-25-16(24)15(20)11(8-9-21-2)13(10-23)22-12-6-4-5-7-14(12)26-17(18)19/h4-7,10,17,20-22H,3,8-9H2,1-2H3/b13-11-,20-15?. The summed E-state index contributed by atoms with van der Waals surface area (Å²) in [5.74, 6) is -1.05. The molecule has 1 rings (SSSR count). The first-order valence-corrected chi connectivity index (χ1v) is 7.84. The second-order valence-corrected chi connectivity index (χ2v) is 4.96. The number of nitrogens with one attached hydrogen (secondary N) is 3. The zero-order valence-corrected chi connectivity index (χ0v) is 14.5. The van der Waals surface area contributed by atoms with Crippen LogP contribution in [0, 0.1) is 5.41 Å². The molecule has 142 valence electrons. The Labute approximate surface area is 149 Å². The summed E-state index contributed by atoms with van der Waals surface area (Å²) in [4.78, 5) is 23.4. The molecule has 3 N–H and O–H groups in total. The van der Waals surface area contributed by atoms with Crippen LogP contribution in [0.15, 0.2) is 35.5 Å². The number of benzene rings is 1. The predicted octanol–water partition coefficient (Wildman–Crippen LogP) is 2.35. The number of carbonyl (C=O) groups is 2. The van der Waals surface area contributed by atoms with Gasteiger partial charge in [0, 0.05) is 5.57 Å². The molecule has 0 amide bonds. The van der Waals surface area contributed by atoms with Crippen LogP contribution in [0.1, 0.15) is 13.3 Å². The first-order chi connectivity index (χ1) is 12.4. The highest BCUT2D eigenvalue weighted by molar-refractivity contribution is 6.42. The topological polar surface area (TPSA) is 101 Å². The number of halogens is 2. The molecule has 7 nitrogen and oxygen atoms in total. The highest BCUT2D eigenvalue weighted by Gasteiger charge is 2.21. The van der Waals surface area contributed by atoms with Crippen LogP contribution in [-0.2, 0) is 14.3 Å². The van der Waals surface area contributed by atoms with Crippen molar-refractivity contribution in [1.29, 1.82) is 5.41 Å². The van der Waals surface area contributed by atoms with Crippen molar-refractivity contribution in [3.8, 4) is 5.75 Å². The third-order valence-corrected chi connectivity index (χ3v) is 3.22. The van der Waals surface area contributed by atoms with Crippen molar-refractivity contribution in [2.75, 3.05) is 25.5 Å². The molecule has 0 unspecified atom stereocenters. The predicted molar refractivity (Wildman–Crippen MR) is 92.7 cm³/mol. The summed E-state index contributed by atoms with van der Waals surface area (Å²) >= 11 is 0. The monoisotopic (exact) mass is 369 g/mol. The Morgan fingerprint density at radius 2 is 2.04 bits per heavy atom. The molecular weight excluding hydrogens is 348 g/mol. The third kappa shape index (κ3) is 6.25. The van der Waals surface area contributed by atoms with Gasteiger partial charge in [0.2, 0.25) is 0 Å². The number of allylic oxidation sites excluding steroid dienone is 1. The molecule has 0 aliphatic carbocycles. The smallest absolute Gasteiger partial charge is 0.387 e. The molecule has 0 bridgehead atoms. The van der Waals surface area contributed by atoms with Gasteiger partial charge < -0.3 is 20.1 Å². The Morgan fingerprint density at radius 1 is 1.35 bits per heavy atom. The van der Waals surface area contributed by atoms with E-state index < -0.39 is 18.3 Å². The lowest BCUT2D eigenvalue weighted by Gasteiger charge is -2.16. The maximum absolute atomic E-state index is 12.5. The van der Waals surface area contributed by atoms with E-state index in [4.69, 9.17) is 10.1 Å². The Balaban J connectivity index is 3.25. The van der Waals surface area contributed by atoms with Crippen molar-refractivity contribution in [1.82, 2.24) is 5.32 Å². The van der Waals surface area contributed by atoms with Crippen molar-refractivity contribution < 1.29 is 27.8 Å². The lowest BCUT2D eigenvalue weighted by molar-refractivity contribution is -0.135. The normalized spacial score (nSPS) is 11.6. The number of aldehydes is 1. The SMILES string of the molecule is CCOC(=O)C(=N)/C(CCNC)=C(/C=O)Nc1ccccc1OC(F)F. The van der Waals surface area contributed by atoms with E-state index in [1.165, 1.54) is 18.2 Å². The van der Waals surface area contributed by atoms with E-state index in [1.807, 2.05) is 0 Å². The zero-order chi connectivity index (χ0) is 19.5. The lowest BCUT2D eigenvalue weighted by Crippen LogP contribution is -2.24. The van der Waals surface area contributed by atoms with Gasteiger partial charge >= 0.3 is 12.6 Å². The summed E-state index contributed by atoms with van der Waals surface area (Å²) < 4.78 is 34.3. The number of ether oxygens (including phenoxy) is 2. The molecule has 1 aromatic rings. The van der Waals surface area contributed by atoms with Gasteiger partial charge in [-0.1, -0.05) is 12.1 Å². The maximum atomic E-state index is 12.5. The van der Waals surface area contributed by atoms with Gasteiger partial charge in [0.1, 0.15) is 11.5 Å². The number of para-hydroxylation sites is 2. The minimum atomic E-state index is -3.04. The Bertz CT molecular complexity index is 678. The minimum absolute atomic E-state index is 0.0788. The molecule has 0 heterocycles. The number of rotatable bonds is 11. The average molecular weight is 369 g/mol. The van der Waals surface area contributed by atoms with Crippen LogP contribution in [0.25, 0.3) is 0 Å². The fourth-order valence-electron chi connectivity index (χ4n) is 2.06. The van der Waals surface area contributed by atoms with E-state index in [9.17, 15) is 18.4 Å². The van der Waals surface area contributed by atoms with Crippen LogP contribution in [0.2, 0.25) is 0 Å². The minimum Gasteiger partial charge on any atom is -0.461 e. The summed E-state index contributed by atoms with van der Waals surface area (Å²) in [7, 11) is 1.67. The fraction of sp³-hybridized carbons (Fsp3) is 0.353. The molecule has 0 aromatic heterocycles. The number of carbonyl (C=O) groups excluding carboxylic acids is 2. The third-order valence-electron chi connectivity index (χ3n) is 3.22. The number of hydrogen-bond acceptors (Lipinski definition) is 7. The van der Waals surface area contributed by atoms with E-state index in [0.29, 0.717) is 12.8 Å². The molecule has 0 atom stereocenters. The molecule has 0 spiro atoms. The molecule has 0 aliphatic heterocycles. The first kappa shape index (κ1) is 21.2. The van der Waals surface area contributed by atoms with E-state index in [1.54, 1.807) is 20.0 Å². The van der Waals surface area contributed by atoms with Crippen molar-refractivity contribution in [3.63, 3.8) is 0 Å². The van der Waals surface area contributed by atoms with E-state index in [2.05, 4.69) is 15.4 Å². The molecule has 0 aliphatic rings. The van der Waals surface area contributed by atoms with Gasteiger partial charge in [0.05, 0.1) is 18.0 Å². The number of hydrogen-bond donors (Lipinski definition) is 3. The summed E-state index contributed by atoms with van der Waals surface area (Å²) in [5, 5.41) is 13.5. The molecule has 26 heavy (non-hydrogen) atoms. The van der Waals surface area contributed by atoms with Crippen LogP contribution < -0.4 is 15.4 Å².